The number of rotatable bonds is 8. The van der Waals surface area contributed by atoms with E-state index in [-0.39, 0.29) is 30.1 Å². The number of aliphatic imine (C=N–C) groups is 1. The third-order valence-electron chi connectivity index (χ3n) is 5.10. The molecular formula is C20H34IN3O3. The normalized spacial score (nSPS) is 23.3. The number of halogens is 1. The van der Waals surface area contributed by atoms with Crippen LogP contribution in [0, 0.1) is 5.92 Å². The molecule has 7 heteroatoms. The maximum absolute atomic E-state index is 5.84. The predicted molar refractivity (Wildman–Crippen MR) is 118 cm³/mol. The van der Waals surface area contributed by atoms with Crippen molar-refractivity contribution in [3.63, 3.8) is 0 Å². The molecule has 2 atom stereocenters. The maximum Gasteiger partial charge on any atom is 0.194 e. The molecule has 0 aliphatic carbocycles. The lowest BCUT2D eigenvalue weighted by atomic mass is 10.1. The standard InChI is InChI=1S/C20H33N3O3.HI/c1-2-24-16-17-9-11-23(15-17)20(21-10-8-18-7-5-13-25-18)22-14-19-6-3-4-12-26-19;/h5,7,13,17,19H,2-4,6,8-12,14-16H2,1H3,(H,21,22);1H. The number of hydrogen-bond donors (Lipinski definition) is 1. The van der Waals surface area contributed by atoms with Gasteiger partial charge in [-0.15, -0.1) is 24.0 Å². The second-order valence-electron chi connectivity index (χ2n) is 7.17. The number of nitrogens with one attached hydrogen (secondary N) is 1. The lowest BCUT2D eigenvalue weighted by molar-refractivity contribution is 0.0223. The molecule has 0 saturated carbocycles. The Morgan fingerprint density at radius 3 is 3.04 bits per heavy atom. The minimum atomic E-state index is 0. The fourth-order valence-electron chi connectivity index (χ4n) is 3.61. The third kappa shape index (κ3) is 7.62. The van der Waals surface area contributed by atoms with E-state index >= 15 is 0 Å². The number of ether oxygens (including phenoxy) is 2. The van der Waals surface area contributed by atoms with E-state index < -0.39 is 0 Å². The molecule has 3 heterocycles. The maximum atomic E-state index is 5.84. The molecule has 1 N–H and O–H groups in total. The fraction of sp³-hybridized carbons (Fsp3) is 0.750. The van der Waals surface area contributed by atoms with Gasteiger partial charge in [-0.3, -0.25) is 4.99 Å². The van der Waals surface area contributed by atoms with E-state index in [0.717, 1.165) is 70.6 Å². The summed E-state index contributed by atoms with van der Waals surface area (Å²) in [6, 6.07) is 3.95. The number of furan rings is 1. The molecule has 2 unspecified atom stereocenters. The Hall–Kier alpha value is -0.800. The second kappa shape index (κ2) is 12.6. The first-order chi connectivity index (χ1) is 12.8. The van der Waals surface area contributed by atoms with Crippen LogP contribution in [0.3, 0.4) is 0 Å². The van der Waals surface area contributed by atoms with Crippen molar-refractivity contribution in [1.29, 1.82) is 0 Å². The van der Waals surface area contributed by atoms with Gasteiger partial charge in [-0.25, -0.2) is 0 Å². The summed E-state index contributed by atoms with van der Waals surface area (Å²) in [7, 11) is 0. The van der Waals surface area contributed by atoms with Gasteiger partial charge in [0, 0.05) is 45.2 Å². The van der Waals surface area contributed by atoms with Crippen LogP contribution in [-0.4, -0.2) is 63.0 Å². The van der Waals surface area contributed by atoms with Crippen LogP contribution in [0.4, 0.5) is 0 Å². The molecule has 2 saturated heterocycles. The first-order valence-electron chi connectivity index (χ1n) is 10.1. The van der Waals surface area contributed by atoms with Crippen LogP contribution >= 0.6 is 24.0 Å². The zero-order chi connectivity index (χ0) is 18.0. The highest BCUT2D eigenvalue weighted by Gasteiger charge is 2.25. The Bertz CT molecular complexity index is 533. The van der Waals surface area contributed by atoms with Gasteiger partial charge in [0.05, 0.1) is 25.5 Å². The zero-order valence-corrected chi connectivity index (χ0v) is 18.7. The van der Waals surface area contributed by atoms with E-state index in [0.29, 0.717) is 5.92 Å². The third-order valence-corrected chi connectivity index (χ3v) is 5.10. The second-order valence-corrected chi connectivity index (χ2v) is 7.17. The molecule has 3 rings (SSSR count). The van der Waals surface area contributed by atoms with Gasteiger partial charge < -0.3 is 24.1 Å². The highest BCUT2D eigenvalue weighted by molar-refractivity contribution is 14.0. The van der Waals surface area contributed by atoms with Crippen molar-refractivity contribution in [2.45, 2.75) is 45.1 Å². The van der Waals surface area contributed by atoms with Crippen LogP contribution in [0.25, 0.3) is 0 Å². The Morgan fingerprint density at radius 1 is 1.37 bits per heavy atom. The quantitative estimate of drug-likeness (QED) is 0.344. The van der Waals surface area contributed by atoms with Gasteiger partial charge in [0.2, 0.25) is 0 Å². The van der Waals surface area contributed by atoms with Crippen molar-refractivity contribution < 1.29 is 13.9 Å². The Morgan fingerprint density at radius 2 is 2.30 bits per heavy atom. The highest BCUT2D eigenvalue weighted by atomic mass is 127. The first-order valence-corrected chi connectivity index (χ1v) is 10.1. The summed E-state index contributed by atoms with van der Waals surface area (Å²) in [6.07, 6.45) is 7.58. The van der Waals surface area contributed by atoms with Gasteiger partial charge in [-0.1, -0.05) is 0 Å². The van der Waals surface area contributed by atoms with Crippen LogP contribution in [0.2, 0.25) is 0 Å². The van der Waals surface area contributed by atoms with Gasteiger partial charge in [0.25, 0.3) is 0 Å². The Kier molecular flexibility index (Phi) is 10.5. The molecule has 2 fully saturated rings. The fourth-order valence-corrected chi connectivity index (χ4v) is 3.61. The molecule has 6 nitrogen and oxygen atoms in total. The van der Waals surface area contributed by atoms with Crippen LogP contribution in [-0.2, 0) is 15.9 Å². The number of nitrogens with zero attached hydrogens (tertiary/aromatic N) is 2. The molecule has 1 aromatic rings. The van der Waals surface area contributed by atoms with Crippen molar-refractivity contribution in [2.75, 3.05) is 46.0 Å². The van der Waals surface area contributed by atoms with E-state index in [4.69, 9.17) is 18.9 Å². The van der Waals surface area contributed by atoms with Gasteiger partial charge in [0.1, 0.15) is 5.76 Å². The van der Waals surface area contributed by atoms with Crippen LogP contribution in [0.5, 0.6) is 0 Å². The summed E-state index contributed by atoms with van der Waals surface area (Å²) in [4.78, 5) is 7.27. The molecule has 0 bridgehead atoms. The smallest absolute Gasteiger partial charge is 0.194 e. The van der Waals surface area contributed by atoms with Gasteiger partial charge in [0.15, 0.2) is 5.96 Å². The summed E-state index contributed by atoms with van der Waals surface area (Å²) in [5.74, 6) is 2.60. The van der Waals surface area contributed by atoms with E-state index in [9.17, 15) is 0 Å². The highest BCUT2D eigenvalue weighted by Crippen LogP contribution is 2.18. The summed E-state index contributed by atoms with van der Waals surface area (Å²) in [6.45, 7) is 8.19. The topological polar surface area (TPSA) is 59.2 Å². The molecule has 0 amide bonds. The van der Waals surface area contributed by atoms with E-state index in [2.05, 4.69) is 17.1 Å². The molecule has 0 spiro atoms. The van der Waals surface area contributed by atoms with Crippen molar-refractivity contribution >= 4 is 29.9 Å². The van der Waals surface area contributed by atoms with Crippen molar-refractivity contribution in [2.24, 2.45) is 10.9 Å². The molecule has 2 aliphatic heterocycles. The monoisotopic (exact) mass is 491 g/mol. The largest absolute Gasteiger partial charge is 0.469 e. The molecular weight excluding hydrogens is 457 g/mol. The lowest BCUT2D eigenvalue weighted by Gasteiger charge is -2.25. The summed E-state index contributed by atoms with van der Waals surface area (Å²) in [5.41, 5.74) is 0. The zero-order valence-electron chi connectivity index (χ0n) is 16.4. The average molecular weight is 491 g/mol. The van der Waals surface area contributed by atoms with Gasteiger partial charge in [-0.2, -0.15) is 0 Å². The van der Waals surface area contributed by atoms with Crippen LogP contribution in [0.1, 0.15) is 38.4 Å². The predicted octanol–water partition coefficient (Wildman–Crippen LogP) is 3.31. The van der Waals surface area contributed by atoms with Gasteiger partial charge >= 0.3 is 0 Å². The molecule has 2 aliphatic rings. The summed E-state index contributed by atoms with van der Waals surface area (Å²) >= 11 is 0. The number of likely N-dealkylation sites (tertiary alicyclic amines) is 1. The number of hydrogen-bond acceptors (Lipinski definition) is 4. The van der Waals surface area contributed by atoms with E-state index in [1.54, 1.807) is 6.26 Å². The minimum absolute atomic E-state index is 0. The van der Waals surface area contributed by atoms with E-state index in [1.165, 1.54) is 19.3 Å². The summed E-state index contributed by atoms with van der Waals surface area (Å²) in [5, 5.41) is 3.54. The van der Waals surface area contributed by atoms with Crippen molar-refractivity contribution in [3.8, 4) is 0 Å². The minimum Gasteiger partial charge on any atom is -0.469 e. The Labute approximate surface area is 180 Å². The van der Waals surface area contributed by atoms with Crippen molar-refractivity contribution in [1.82, 2.24) is 10.2 Å². The number of guanidine groups is 1. The SMILES string of the molecule is CCOCC1CCN(C(=NCC2CCCCO2)NCCc2ccco2)C1.I. The van der Waals surface area contributed by atoms with Crippen LogP contribution in [0.15, 0.2) is 27.8 Å². The first kappa shape index (κ1) is 22.5. The molecule has 0 radical (unpaired) electrons. The lowest BCUT2D eigenvalue weighted by Crippen LogP contribution is -2.42. The van der Waals surface area contributed by atoms with Crippen molar-refractivity contribution in [3.05, 3.63) is 24.2 Å². The average Bonchev–Trinajstić information content (AvgIpc) is 3.35. The molecule has 154 valence electrons. The van der Waals surface area contributed by atoms with Gasteiger partial charge in [-0.05, 0) is 44.7 Å². The molecule has 1 aromatic heterocycles. The van der Waals surface area contributed by atoms with Crippen LogP contribution < -0.4 is 5.32 Å². The molecule has 0 aromatic carbocycles. The summed E-state index contributed by atoms with van der Waals surface area (Å²) < 4.78 is 16.9. The molecule has 27 heavy (non-hydrogen) atoms. The van der Waals surface area contributed by atoms with E-state index in [1.807, 2.05) is 12.1 Å². The Balaban J connectivity index is 0.00000261.